The number of nitrogens with one attached hydrogen (secondary N) is 1. The fourth-order valence-corrected chi connectivity index (χ4v) is 2.35. The number of benzene rings is 1. The van der Waals surface area contributed by atoms with Crippen molar-refractivity contribution < 1.29 is 14.2 Å². The highest BCUT2D eigenvalue weighted by Crippen LogP contribution is 2.42. The van der Waals surface area contributed by atoms with Gasteiger partial charge in [-0.1, -0.05) is 0 Å². The first-order valence-corrected chi connectivity index (χ1v) is 6.90. The van der Waals surface area contributed by atoms with Gasteiger partial charge in [0.05, 0.1) is 21.3 Å². The second-order valence-electron chi connectivity index (χ2n) is 4.68. The third-order valence-electron chi connectivity index (χ3n) is 3.42. The largest absolute Gasteiger partial charge is 0.493 e. The van der Waals surface area contributed by atoms with E-state index in [4.69, 9.17) is 14.2 Å². The van der Waals surface area contributed by atoms with Gasteiger partial charge in [0.25, 0.3) is 0 Å². The van der Waals surface area contributed by atoms with Crippen LogP contribution in [0.15, 0.2) is 36.7 Å². The minimum Gasteiger partial charge on any atom is -0.493 e. The van der Waals surface area contributed by atoms with Crippen molar-refractivity contribution in [3.8, 4) is 39.8 Å². The van der Waals surface area contributed by atoms with Crippen LogP contribution in [0, 0.1) is 0 Å². The number of aromatic amines is 1. The van der Waals surface area contributed by atoms with Gasteiger partial charge in [0.15, 0.2) is 11.5 Å². The molecule has 0 amide bonds. The maximum Gasteiger partial charge on any atom is 0.203 e. The number of ether oxygens (including phenoxy) is 3. The van der Waals surface area contributed by atoms with E-state index in [0.29, 0.717) is 28.6 Å². The summed E-state index contributed by atoms with van der Waals surface area (Å²) in [4.78, 5) is 4.12. The Balaban J connectivity index is 2.15. The molecule has 7 heteroatoms. The molecule has 0 aliphatic heterocycles. The number of methoxy groups -OCH3 is 3. The molecule has 3 rings (SSSR count). The lowest BCUT2D eigenvalue weighted by molar-refractivity contribution is 0.324. The Hall–Kier alpha value is -3.09. The SMILES string of the molecule is COc1cc(-c2n[nH]nc2-c2cccnc2)cc(OC)c1OC. The van der Waals surface area contributed by atoms with Gasteiger partial charge in [-0.2, -0.15) is 15.4 Å². The van der Waals surface area contributed by atoms with Crippen LogP contribution in [0.4, 0.5) is 0 Å². The lowest BCUT2D eigenvalue weighted by atomic mass is 10.1. The highest BCUT2D eigenvalue weighted by atomic mass is 16.5. The second-order valence-corrected chi connectivity index (χ2v) is 4.68. The highest BCUT2D eigenvalue weighted by molar-refractivity contribution is 5.79. The summed E-state index contributed by atoms with van der Waals surface area (Å²) in [5, 5.41) is 11.1. The minimum atomic E-state index is 0.533. The van der Waals surface area contributed by atoms with Crippen LogP contribution < -0.4 is 14.2 Å². The number of hydrogen-bond donors (Lipinski definition) is 1. The zero-order chi connectivity index (χ0) is 16.2. The van der Waals surface area contributed by atoms with Crippen molar-refractivity contribution in [3.05, 3.63) is 36.7 Å². The normalized spacial score (nSPS) is 10.4. The van der Waals surface area contributed by atoms with E-state index >= 15 is 0 Å². The van der Waals surface area contributed by atoms with E-state index in [9.17, 15) is 0 Å². The maximum absolute atomic E-state index is 5.39. The van der Waals surface area contributed by atoms with Crippen molar-refractivity contribution in [1.29, 1.82) is 0 Å². The molecule has 2 heterocycles. The number of rotatable bonds is 5. The smallest absolute Gasteiger partial charge is 0.203 e. The molecular formula is C16H16N4O3. The summed E-state index contributed by atoms with van der Waals surface area (Å²) in [5.74, 6) is 1.65. The number of pyridine rings is 1. The predicted molar refractivity (Wildman–Crippen MR) is 84.7 cm³/mol. The molecule has 0 aliphatic rings. The first-order valence-electron chi connectivity index (χ1n) is 6.90. The van der Waals surface area contributed by atoms with Crippen molar-refractivity contribution >= 4 is 0 Å². The van der Waals surface area contributed by atoms with Crippen molar-refractivity contribution in [2.24, 2.45) is 0 Å². The molecule has 0 aliphatic carbocycles. The zero-order valence-corrected chi connectivity index (χ0v) is 13.0. The molecule has 2 aromatic heterocycles. The maximum atomic E-state index is 5.39. The number of nitrogens with zero attached hydrogens (tertiary/aromatic N) is 3. The molecule has 1 N–H and O–H groups in total. The summed E-state index contributed by atoms with van der Waals surface area (Å²) < 4.78 is 16.1. The molecule has 0 bridgehead atoms. The van der Waals surface area contributed by atoms with Crippen LogP contribution >= 0.6 is 0 Å². The molecule has 7 nitrogen and oxygen atoms in total. The Kier molecular flexibility index (Phi) is 4.09. The second kappa shape index (κ2) is 6.35. The summed E-state index contributed by atoms with van der Waals surface area (Å²) in [6, 6.07) is 7.44. The number of aromatic nitrogens is 4. The molecule has 118 valence electrons. The van der Waals surface area contributed by atoms with Crippen LogP contribution in [0.1, 0.15) is 0 Å². The molecule has 3 aromatic rings. The summed E-state index contributed by atoms with van der Waals surface area (Å²) >= 11 is 0. The summed E-state index contributed by atoms with van der Waals surface area (Å²) in [6.07, 6.45) is 3.45. The fourth-order valence-electron chi connectivity index (χ4n) is 2.35. The van der Waals surface area contributed by atoms with Crippen molar-refractivity contribution in [3.63, 3.8) is 0 Å². The Morgan fingerprint density at radius 1 is 0.870 bits per heavy atom. The lowest BCUT2D eigenvalue weighted by Gasteiger charge is -2.13. The lowest BCUT2D eigenvalue weighted by Crippen LogP contribution is -1.96. The molecule has 0 atom stereocenters. The molecule has 0 spiro atoms. The number of hydrogen-bond acceptors (Lipinski definition) is 6. The molecular weight excluding hydrogens is 296 g/mol. The Bertz CT molecular complexity index is 777. The first kappa shape index (κ1) is 14.8. The molecule has 0 saturated heterocycles. The van der Waals surface area contributed by atoms with E-state index < -0.39 is 0 Å². The van der Waals surface area contributed by atoms with E-state index in [-0.39, 0.29) is 0 Å². The molecule has 1 aromatic carbocycles. The van der Waals surface area contributed by atoms with Gasteiger partial charge in [-0.15, -0.1) is 0 Å². The van der Waals surface area contributed by atoms with Crippen molar-refractivity contribution in [2.45, 2.75) is 0 Å². The van der Waals surface area contributed by atoms with E-state index in [2.05, 4.69) is 20.4 Å². The topological polar surface area (TPSA) is 82.2 Å². The molecule has 0 saturated carbocycles. The average Bonchev–Trinajstić information content (AvgIpc) is 3.10. The summed E-state index contributed by atoms with van der Waals surface area (Å²) in [7, 11) is 4.72. The van der Waals surface area contributed by atoms with Crippen LogP contribution in [0.5, 0.6) is 17.2 Å². The predicted octanol–water partition coefficient (Wildman–Crippen LogP) is 2.56. The van der Waals surface area contributed by atoms with E-state index in [1.807, 2.05) is 24.3 Å². The molecule has 0 radical (unpaired) electrons. The Morgan fingerprint density at radius 3 is 2.04 bits per heavy atom. The zero-order valence-electron chi connectivity index (χ0n) is 13.0. The van der Waals surface area contributed by atoms with E-state index in [1.54, 1.807) is 33.7 Å². The van der Waals surface area contributed by atoms with Crippen LogP contribution in [0.2, 0.25) is 0 Å². The fraction of sp³-hybridized carbons (Fsp3) is 0.188. The summed E-state index contributed by atoms with van der Waals surface area (Å²) in [5.41, 5.74) is 3.04. The van der Waals surface area contributed by atoms with Crippen LogP contribution in [0.25, 0.3) is 22.5 Å². The van der Waals surface area contributed by atoms with Gasteiger partial charge in [0.1, 0.15) is 11.4 Å². The van der Waals surface area contributed by atoms with E-state index in [1.165, 1.54) is 0 Å². The van der Waals surface area contributed by atoms with Crippen LogP contribution in [-0.2, 0) is 0 Å². The van der Waals surface area contributed by atoms with Gasteiger partial charge in [-0.3, -0.25) is 4.98 Å². The van der Waals surface area contributed by atoms with Gasteiger partial charge in [-0.05, 0) is 24.3 Å². The van der Waals surface area contributed by atoms with Gasteiger partial charge in [0, 0.05) is 23.5 Å². The first-order chi connectivity index (χ1) is 11.3. The Morgan fingerprint density at radius 2 is 1.52 bits per heavy atom. The standard InChI is InChI=1S/C16H16N4O3/c1-21-12-7-11(8-13(22-2)16(12)23-3)15-14(18-20-19-15)10-5-4-6-17-9-10/h4-9H,1-3H3,(H,18,19,20). The number of H-pyrrole nitrogens is 1. The highest BCUT2D eigenvalue weighted by Gasteiger charge is 2.18. The van der Waals surface area contributed by atoms with Crippen molar-refractivity contribution in [1.82, 2.24) is 20.4 Å². The van der Waals surface area contributed by atoms with E-state index in [0.717, 1.165) is 11.1 Å². The Labute approximate surface area is 133 Å². The monoisotopic (exact) mass is 312 g/mol. The quantitative estimate of drug-likeness (QED) is 0.779. The summed E-state index contributed by atoms with van der Waals surface area (Å²) in [6.45, 7) is 0. The molecule has 0 fully saturated rings. The van der Waals surface area contributed by atoms with Gasteiger partial charge in [0.2, 0.25) is 5.75 Å². The van der Waals surface area contributed by atoms with Gasteiger partial charge < -0.3 is 14.2 Å². The minimum absolute atomic E-state index is 0.533. The third-order valence-corrected chi connectivity index (χ3v) is 3.42. The van der Waals surface area contributed by atoms with Gasteiger partial charge >= 0.3 is 0 Å². The van der Waals surface area contributed by atoms with Crippen molar-refractivity contribution in [2.75, 3.05) is 21.3 Å². The third kappa shape index (κ3) is 2.68. The van der Waals surface area contributed by atoms with Crippen LogP contribution in [0.3, 0.4) is 0 Å². The van der Waals surface area contributed by atoms with Crippen LogP contribution in [-0.4, -0.2) is 41.7 Å². The molecule has 0 unspecified atom stereocenters. The molecule has 23 heavy (non-hydrogen) atoms. The van der Waals surface area contributed by atoms with Gasteiger partial charge in [-0.25, -0.2) is 0 Å². The average molecular weight is 312 g/mol.